The van der Waals surface area contributed by atoms with Gasteiger partial charge in [-0.15, -0.1) is 0 Å². The van der Waals surface area contributed by atoms with E-state index in [1.165, 1.54) is 5.56 Å². The van der Waals surface area contributed by atoms with Crippen molar-refractivity contribution in [2.24, 2.45) is 5.10 Å². The molecule has 3 rings (SSSR count). The molecule has 0 aliphatic heterocycles. The van der Waals surface area contributed by atoms with Crippen molar-refractivity contribution in [3.63, 3.8) is 0 Å². The van der Waals surface area contributed by atoms with Gasteiger partial charge in [-0.3, -0.25) is 0 Å². The SMILES string of the molecule is CCc1ccccc1-n1c(C)cc(/C=N\NS(=O)(=O)c2ccc(C)cc2)c1C. The normalized spacial score (nSPS) is 11.9. The van der Waals surface area contributed by atoms with Gasteiger partial charge in [0.05, 0.1) is 11.1 Å². The first kappa shape index (κ1) is 19.9. The van der Waals surface area contributed by atoms with Gasteiger partial charge >= 0.3 is 0 Å². The minimum atomic E-state index is -3.68. The van der Waals surface area contributed by atoms with E-state index in [9.17, 15) is 8.42 Å². The fourth-order valence-electron chi connectivity index (χ4n) is 3.25. The summed E-state index contributed by atoms with van der Waals surface area (Å²) in [6, 6.07) is 17.0. The maximum Gasteiger partial charge on any atom is 0.276 e. The monoisotopic (exact) mass is 395 g/mol. The Morgan fingerprint density at radius 1 is 1.04 bits per heavy atom. The molecule has 1 aromatic heterocycles. The van der Waals surface area contributed by atoms with Crippen molar-refractivity contribution < 1.29 is 8.42 Å². The van der Waals surface area contributed by atoms with Gasteiger partial charge in [-0.2, -0.15) is 13.5 Å². The Kier molecular flexibility index (Phi) is 5.70. The predicted molar refractivity (Wildman–Crippen MR) is 114 cm³/mol. The highest BCUT2D eigenvalue weighted by Gasteiger charge is 2.14. The summed E-state index contributed by atoms with van der Waals surface area (Å²) < 4.78 is 26.9. The average molecular weight is 396 g/mol. The molecular weight excluding hydrogens is 370 g/mol. The quantitative estimate of drug-likeness (QED) is 0.500. The fourth-order valence-corrected chi connectivity index (χ4v) is 4.04. The molecule has 0 bridgehead atoms. The van der Waals surface area contributed by atoms with Crippen molar-refractivity contribution in [2.75, 3.05) is 0 Å². The van der Waals surface area contributed by atoms with Crippen LogP contribution in [0.15, 0.2) is 64.6 Å². The van der Waals surface area contributed by atoms with E-state index in [1.807, 2.05) is 39.0 Å². The standard InChI is InChI=1S/C22H25N3O2S/c1-5-19-8-6-7-9-22(19)25-17(3)14-20(18(25)4)15-23-24-28(26,27)21-12-10-16(2)11-13-21/h6-15,24H,5H2,1-4H3/b23-15-. The molecule has 0 spiro atoms. The second-order valence-electron chi connectivity index (χ2n) is 6.81. The van der Waals surface area contributed by atoms with Gasteiger partial charge in [0, 0.05) is 22.6 Å². The third kappa shape index (κ3) is 4.02. The highest BCUT2D eigenvalue weighted by molar-refractivity contribution is 7.89. The number of aryl methyl sites for hydroxylation is 3. The van der Waals surface area contributed by atoms with Gasteiger partial charge in [0.2, 0.25) is 0 Å². The topological polar surface area (TPSA) is 63.5 Å². The molecule has 146 valence electrons. The molecule has 0 saturated heterocycles. The zero-order chi connectivity index (χ0) is 20.3. The summed E-state index contributed by atoms with van der Waals surface area (Å²) in [4.78, 5) is 2.49. The largest absolute Gasteiger partial charge is 0.318 e. The second-order valence-corrected chi connectivity index (χ2v) is 8.47. The lowest BCUT2D eigenvalue weighted by Gasteiger charge is -2.13. The van der Waals surface area contributed by atoms with E-state index in [0.717, 1.165) is 34.6 Å². The molecule has 0 saturated carbocycles. The van der Waals surface area contributed by atoms with E-state index >= 15 is 0 Å². The van der Waals surface area contributed by atoms with E-state index in [0.29, 0.717) is 0 Å². The smallest absolute Gasteiger partial charge is 0.276 e. The van der Waals surface area contributed by atoms with Crippen LogP contribution in [0.3, 0.4) is 0 Å². The lowest BCUT2D eigenvalue weighted by Crippen LogP contribution is -2.18. The second kappa shape index (κ2) is 8.02. The van der Waals surface area contributed by atoms with Crippen LogP contribution in [0.4, 0.5) is 0 Å². The van der Waals surface area contributed by atoms with Crippen molar-refractivity contribution in [3.05, 3.63) is 82.7 Å². The Balaban J connectivity index is 1.87. The van der Waals surface area contributed by atoms with Gasteiger partial charge < -0.3 is 4.57 Å². The van der Waals surface area contributed by atoms with Crippen LogP contribution in [-0.4, -0.2) is 19.2 Å². The minimum absolute atomic E-state index is 0.192. The molecule has 0 radical (unpaired) electrons. The number of sulfonamides is 1. The lowest BCUT2D eigenvalue weighted by atomic mass is 10.1. The van der Waals surface area contributed by atoms with Crippen LogP contribution in [0.25, 0.3) is 5.69 Å². The van der Waals surface area contributed by atoms with E-state index in [4.69, 9.17) is 0 Å². The van der Waals surface area contributed by atoms with Crippen molar-refractivity contribution >= 4 is 16.2 Å². The molecule has 0 atom stereocenters. The maximum absolute atomic E-state index is 12.4. The number of hydrazone groups is 1. The Morgan fingerprint density at radius 3 is 2.39 bits per heavy atom. The number of nitrogens with one attached hydrogen (secondary N) is 1. The van der Waals surface area contributed by atoms with E-state index in [-0.39, 0.29) is 4.90 Å². The first-order valence-corrected chi connectivity index (χ1v) is 10.7. The molecule has 1 N–H and O–H groups in total. The van der Waals surface area contributed by atoms with Crippen LogP contribution in [0.1, 0.15) is 35.0 Å². The number of hydrogen-bond donors (Lipinski definition) is 1. The summed E-state index contributed by atoms with van der Waals surface area (Å²) >= 11 is 0. The van der Waals surface area contributed by atoms with Gasteiger partial charge in [0.25, 0.3) is 10.0 Å². The van der Waals surface area contributed by atoms with Crippen molar-refractivity contribution in [3.8, 4) is 5.69 Å². The van der Waals surface area contributed by atoms with Crippen LogP contribution in [-0.2, 0) is 16.4 Å². The van der Waals surface area contributed by atoms with Gasteiger partial charge in [-0.05, 0) is 57.0 Å². The van der Waals surface area contributed by atoms with Crippen molar-refractivity contribution in [1.82, 2.24) is 9.40 Å². The summed E-state index contributed by atoms with van der Waals surface area (Å²) in [5.41, 5.74) is 6.35. The van der Waals surface area contributed by atoms with Crippen molar-refractivity contribution in [2.45, 2.75) is 39.0 Å². The number of benzene rings is 2. The zero-order valence-electron chi connectivity index (χ0n) is 16.6. The fraction of sp³-hybridized carbons (Fsp3) is 0.227. The minimum Gasteiger partial charge on any atom is -0.318 e. The third-order valence-corrected chi connectivity index (χ3v) is 6.03. The Labute approximate surface area is 166 Å². The molecule has 2 aromatic carbocycles. The summed E-state index contributed by atoms with van der Waals surface area (Å²) in [6.45, 7) is 8.09. The molecule has 0 amide bonds. The number of hydrogen-bond acceptors (Lipinski definition) is 3. The van der Waals surface area contributed by atoms with Crippen LogP contribution in [0.2, 0.25) is 0 Å². The third-order valence-electron chi connectivity index (χ3n) is 4.79. The highest BCUT2D eigenvalue weighted by atomic mass is 32.2. The summed E-state index contributed by atoms with van der Waals surface area (Å²) in [6.07, 6.45) is 2.49. The van der Waals surface area contributed by atoms with E-state index in [1.54, 1.807) is 30.5 Å². The van der Waals surface area contributed by atoms with Gasteiger partial charge in [0.1, 0.15) is 0 Å². The number of rotatable bonds is 6. The summed E-state index contributed by atoms with van der Waals surface area (Å²) in [5.74, 6) is 0. The van der Waals surface area contributed by atoms with Crippen LogP contribution in [0, 0.1) is 20.8 Å². The molecule has 5 nitrogen and oxygen atoms in total. The molecule has 0 fully saturated rings. The maximum atomic E-state index is 12.4. The number of nitrogens with zero attached hydrogens (tertiary/aromatic N) is 2. The van der Waals surface area contributed by atoms with Crippen LogP contribution < -0.4 is 4.83 Å². The van der Waals surface area contributed by atoms with Gasteiger partial charge in [-0.25, -0.2) is 4.83 Å². The molecule has 0 aliphatic carbocycles. The Bertz CT molecular complexity index is 1110. The molecule has 0 aliphatic rings. The van der Waals surface area contributed by atoms with E-state index in [2.05, 4.69) is 33.6 Å². The van der Waals surface area contributed by atoms with Crippen LogP contribution in [0.5, 0.6) is 0 Å². The van der Waals surface area contributed by atoms with Crippen LogP contribution >= 0.6 is 0 Å². The Morgan fingerprint density at radius 2 is 1.71 bits per heavy atom. The Hall–Kier alpha value is -2.86. The van der Waals surface area contributed by atoms with Gasteiger partial charge in [-0.1, -0.05) is 42.8 Å². The van der Waals surface area contributed by atoms with Gasteiger partial charge in [0.15, 0.2) is 0 Å². The average Bonchev–Trinajstić information content (AvgIpc) is 2.95. The molecular formula is C22H25N3O2S. The molecule has 3 aromatic rings. The number of para-hydroxylation sites is 1. The number of aromatic nitrogens is 1. The lowest BCUT2D eigenvalue weighted by molar-refractivity contribution is 0.584. The summed E-state index contributed by atoms with van der Waals surface area (Å²) in [5, 5.41) is 3.99. The van der Waals surface area contributed by atoms with E-state index < -0.39 is 10.0 Å². The van der Waals surface area contributed by atoms with Crippen molar-refractivity contribution in [1.29, 1.82) is 0 Å². The molecule has 1 heterocycles. The molecule has 28 heavy (non-hydrogen) atoms. The first-order chi connectivity index (χ1) is 13.3. The first-order valence-electron chi connectivity index (χ1n) is 9.22. The highest BCUT2D eigenvalue weighted by Crippen LogP contribution is 2.23. The summed E-state index contributed by atoms with van der Waals surface area (Å²) in [7, 11) is -3.68. The zero-order valence-corrected chi connectivity index (χ0v) is 17.4. The molecule has 6 heteroatoms. The predicted octanol–water partition coefficient (Wildman–Crippen LogP) is 4.28. The molecule has 0 unspecified atom stereocenters.